The molecular weight excluding hydrogens is 304 g/mol. The van der Waals surface area contributed by atoms with Crippen LogP contribution in [0.3, 0.4) is 0 Å². The summed E-state index contributed by atoms with van der Waals surface area (Å²) < 4.78 is 10.8. The summed E-state index contributed by atoms with van der Waals surface area (Å²) in [6.07, 6.45) is 0. The molecule has 5 nitrogen and oxygen atoms in total. The fraction of sp³-hybridized carbons (Fsp3) is 0.158. The van der Waals surface area contributed by atoms with Gasteiger partial charge < -0.3 is 14.6 Å². The van der Waals surface area contributed by atoms with Gasteiger partial charge in [0, 0.05) is 11.6 Å². The molecule has 0 fully saturated rings. The average Bonchev–Trinajstić information content (AvgIpc) is 3.10. The maximum atomic E-state index is 12.1. The van der Waals surface area contributed by atoms with Crippen LogP contribution in [0.1, 0.15) is 16.1 Å². The van der Waals surface area contributed by atoms with Crippen molar-refractivity contribution in [3.8, 4) is 17.1 Å². The molecule has 0 unspecified atom stereocenters. The largest absolute Gasteiger partial charge is 0.492 e. The van der Waals surface area contributed by atoms with Gasteiger partial charge in [-0.25, -0.2) is 0 Å². The van der Waals surface area contributed by atoms with E-state index in [4.69, 9.17) is 9.26 Å². The number of nitrogens with zero attached hydrogens (tertiary/aromatic N) is 1. The topological polar surface area (TPSA) is 64.4 Å². The smallest absolute Gasteiger partial charge is 0.273 e. The molecule has 1 heterocycles. The molecule has 0 saturated carbocycles. The zero-order valence-electron chi connectivity index (χ0n) is 13.4. The summed E-state index contributed by atoms with van der Waals surface area (Å²) >= 11 is 0. The summed E-state index contributed by atoms with van der Waals surface area (Å²) in [7, 11) is 0. The van der Waals surface area contributed by atoms with E-state index < -0.39 is 0 Å². The van der Waals surface area contributed by atoms with Crippen LogP contribution in [0, 0.1) is 6.92 Å². The van der Waals surface area contributed by atoms with Crippen LogP contribution in [-0.2, 0) is 0 Å². The van der Waals surface area contributed by atoms with E-state index >= 15 is 0 Å². The second kappa shape index (κ2) is 7.46. The predicted molar refractivity (Wildman–Crippen MR) is 90.9 cm³/mol. The van der Waals surface area contributed by atoms with Crippen molar-refractivity contribution in [2.75, 3.05) is 13.2 Å². The first kappa shape index (κ1) is 15.8. The average molecular weight is 322 g/mol. The molecule has 24 heavy (non-hydrogen) atoms. The van der Waals surface area contributed by atoms with Gasteiger partial charge >= 0.3 is 0 Å². The van der Waals surface area contributed by atoms with Gasteiger partial charge in [0.25, 0.3) is 5.91 Å². The lowest BCUT2D eigenvalue weighted by Crippen LogP contribution is -2.28. The summed E-state index contributed by atoms with van der Waals surface area (Å²) in [5.74, 6) is 1.06. The first-order valence-electron chi connectivity index (χ1n) is 7.72. The van der Waals surface area contributed by atoms with Gasteiger partial charge in [-0.15, -0.1) is 0 Å². The standard InChI is InChI=1S/C19H18N2O3/c1-14-7-9-15(10-8-14)18-13-17(21-24-18)19(22)20-11-12-23-16-5-3-2-4-6-16/h2-10,13H,11-12H2,1H3,(H,20,22). The molecule has 0 aliphatic rings. The van der Waals surface area contributed by atoms with Crippen molar-refractivity contribution in [3.63, 3.8) is 0 Å². The number of aryl methyl sites for hydroxylation is 1. The minimum absolute atomic E-state index is 0.255. The van der Waals surface area contributed by atoms with Crippen molar-refractivity contribution in [1.29, 1.82) is 0 Å². The van der Waals surface area contributed by atoms with Crippen molar-refractivity contribution < 1.29 is 14.1 Å². The highest BCUT2D eigenvalue weighted by Crippen LogP contribution is 2.20. The van der Waals surface area contributed by atoms with E-state index in [0.29, 0.717) is 18.9 Å². The van der Waals surface area contributed by atoms with E-state index in [0.717, 1.165) is 16.9 Å². The van der Waals surface area contributed by atoms with Crippen LogP contribution in [0.5, 0.6) is 5.75 Å². The lowest BCUT2D eigenvalue weighted by Gasteiger charge is -2.06. The number of ether oxygens (including phenoxy) is 1. The minimum atomic E-state index is -0.284. The summed E-state index contributed by atoms with van der Waals surface area (Å²) in [6.45, 7) is 2.79. The van der Waals surface area contributed by atoms with E-state index in [2.05, 4.69) is 10.5 Å². The Morgan fingerprint density at radius 1 is 1.12 bits per heavy atom. The van der Waals surface area contributed by atoms with Crippen molar-refractivity contribution in [2.45, 2.75) is 6.92 Å². The lowest BCUT2D eigenvalue weighted by atomic mass is 10.1. The van der Waals surface area contributed by atoms with E-state index in [1.807, 2.05) is 61.5 Å². The molecule has 122 valence electrons. The van der Waals surface area contributed by atoms with Crippen LogP contribution in [0.4, 0.5) is 0 Å². The van der Waals surface area contributed by atoms with E-state index in [9.17, 15) is 4.79 Å². The first-order valence-corrected chi connectivity index (χ1v) is 7.72. The molecule has 5 heteroatoms. The third kappa shape index (κ3) is 4.01. The van der Waals surface area contributed by atoms with Crippen LogP contribution in [0.2, 0.25) is 0 Å². The Morgan fingerprint density at radius 3 is 2.62 bits per heavy atom. The second-order valence-electron chi connectivity index (χ2n) is 5.36. The highest BCUT2D eigenvalue weighted by molar-refractivity contribution is 5.93. The number of carbonyl (C=O) groups excluding carboxylic acids is 1. The van der Waals surface area contributed by atoms with Crippen LogP contribution in [0.25, 0.3) is 11.3 Å². The molecule has 0 aliphatic heterocycles. The Balaban J connectivity index is 1.51. The molecule has 2 aromatic carbocycles. The Labute approximate surface area is 140 Å². The fourth-order valence-electron chi connectivity index (χ4n) is 2.18. The molecule has 0 atom stereocenters. The predicted octanol–water partition coefficient (Wildman–Crippen LogP) is 3.46. The molecule has 1 amide bonds. The lowest BCUT2D eigenvalue weighted by molar-refractivity contribution is 0.0938. The van der Waals surface area contributed by atoms with Gasteiger partial charge in [-0.1, -0.05) is 53.2 Å². The third-order valence-electron chi connectivity index (χ3n) is 3.48. The molecule has 0 radical (unpaired) electrons. The van der Waals surface area contributed by atoms with Gasteiger partial charge in [0.2, 0.25) is 0 Å². The molecular formula is C19H18N2O3. The second-order valence-corrected chi connectivity index (χ2v) is 5.36. The van der Waals surface area contributed by atoms with Crippen molar-refractivity contribution >= 4 is 5.91 Å². The summed E-state index contributed by atoms with van der Waals surface area (Å²) in [6, 6.07) is 18.9. The van der Waals surface area contributed by atoms with Crippen molar-refractivity contribution in [3.05, 3.63) is 71.9 Å². The van der Waals surface area contributed by atoms with Gasteiger partial charge in [-0.3, -0.25) is 4.79 Å². The monoisotopic (exact) mass is 322 g/mol. The molecule has 0 bridgehead atoms. The van der Waals surface area contributed by atoms with Crippen molar-refractivity contribution in [1.82, 2.24) is 10.5 Å². The minimum Gasteiger partial charge on any atom is -0.492 e. The van der Waals surface area contributed by atoms with Crippen LogP contribution >= 0.6 is 0 Å². The number of hydrogen-bond donors (Lipinski definition) is 1. The number of rotatable bonds is 6. The van der Waals surface area contributed by atoms with Crippen LogP contribution in [0.15, 0.2) is 65.2 Å². The number of benzene rings is 2. The molecule has 3 aromatic rings. The first-order chi connectivity index (χ1) is 11.7. The Hall–Kier alpha value is -3.08. The maximum absolute atomic E-state index is 12.1. The zero-order chi connectivity index (χ0) is 16.8. The molecule has 1 aromatic heterocycles. The normalized spacial score (nSPS) is 10.4. The number of aromatic nitrogens is 1. The van der Waals surface area contributed by atoms with Crippen LogP contribution in [-0.4, -0.2) is 24.2 Å². The Kier molecular flexibility index (Phi) is 4.91. The zero-order valence-corrected chi connectivity index (χ0v) is 13.4. The quantitative estimate of drug-likeness (QED) is 0.706. The number of carbonyl (C=O) groups is 1. The van der Waals surface area contributed by atoms with E-state index in [1.54, 1.807) is 6.07 Å². The SMILES string of the molecule is Cc1ccc(-c2cc(C(=O)NCCOc3ccccc3)no2)cc1. The summed E-state index contributed by atoms with van der Waals surface area (Å²) in [5, 5.41) is 6.58. The third-order valence-corrected chi connectivity index (χ3v) is 3.48. The fourth-order valence-corrected chi connectivity index (χ4v) is 2.18. The van der Waals surface area contributed by atoms with Crippen molar-refractivity contribution in [2.24, 2.45) is 0 Å². The van der Waals surface area contributed by atoms with Crippen LogP contribution < -0.4 is 10.1 Å². The van der Waals surface area contributed by atoms with Gasteiger partial charge in [0.1, 0.15) is 12.4 Å². The molecule has 0 saturated heterocycles. The molecule has 0 aliphatic carbocycles. The molecule has 3 rings (SSSR count). The van der Waals surface area contributed by atoms with Gasteiger partial charge in [-0.2, -0.15) is 0 Å². The summed E-state index contributed by atoms with van der Waals surface area (Å²) in [5.41, 5.74) is 2.31. The molecule has 1 N–H and O–H groups in total. The van der Waals surface area contributed by atoms with E-state index in [1.165, 1.54) is 0 Å². The maximum Gasteiger partial charge on any atom is 0.273 e. The van der Waals surface area contributed by atoms with Gasteiger partial charge in [0.05, 0.1) is 6.54 Å². The van der Waals surface area contributed by atoms with E-state index in [-0.39, 0.29) is 11.6 Å². The number of nitrogens with one attached hydrogen (secondary N) is 1. The van der Waals surface area contributed by atoms with Gasteiger partial charge in [0.15, 0.2) is 11.5 Å². The van der Waals surface area contributed by atoms with Gasteiger partial charge in [-0.05, 0) is 19.1 Å². The number of amides is 1. The molecule has 0 spiro atoms. The Bertz CT molecular complexity index is 795. The summed E-state index contributed by atoms with van der Waals surface area (Å²) in [4.78, 5) is 12.1. The number of para-hydroxylation sites is 1. The highest BCUT2D eigenvalue weighted by atomic mass is 16.5. The number of hydrogen-bond acceptors (Lipinski definition) is 4. The highest BCUT2D eigenvalue weighted by Gasteiger charge is 2.13. The Morgan fingerprint density at radius 2 is 1.88 bits per heavy atom.